The number of hydrogen-bond acceptors (Lipinski definition) is 1. The molecule has 0 radical (unpaired) electrons. The molecule has 90 valence electrons. The zero-order valence-corrected chi connectivity index (χ0v) is 8.02. The van der Waals surface area contributed by atoms with Crippen LogP contribution in [0.1, 0.15) is 5.56 Å². The van der Waals surface area contributed by atoms with E-state index in [0.29, 0.717) is 0 Å². The van der Waals surface area contributed by atoms with Gasteiger partial charge in [0.1, 0.15) is 11.6 Å². The fraction of sp³-hybridized carbons (Fsp3) is 0.143. The van der Waals surface area contributed by atoms with Gasteiger partial charge < -0.3 is 17.3 Å². The maximum atomic E-state index is 12.3. The Kier molecular flexibility index (Phi) is 7.89. The Bertz CT molecular complexity index is 311. The normalized spacial score (nSPS) is 9.31. The van der Waals surface area contributed by atoms with E-state index in [0.717, 1.165) is 0 Å². The maximum Gasteiger partial charge on any atom is 0.673 e. The average molecular weight is 244 g/mol. The monoisotopic (exact) mass is 244 g/mol. The third-order valence-electron chi connectivity index (χ3n) is 1.20. The summed E-state index contributed by atoms with van der Waals surface area (Å²) in [4.78, 5) is 0. The van der Waals surface area contributed by atoms with Gasteiger partial charge in [0.05, 0.1) is 5.39 Å². The number of nitrogens with zero attached hydrogens (tertiary/aromatic N) is 1. The van der Waals surface area contributed by atoms with Crippen LogP contribution in [0, 0.1) is 24.0 Å². The summed E-state index contributed by atoms with van der Waals surface area (Å²) in [5.74, 6) is -0.981. The zero-order chi connectivity index (χ0) is 13.4. The quantitative estimate of drug-likeness (QED) is 0.422. The molecule has 9 heteroatoms. The Morgan fingerprint density at radius 2 is 1.25 bits per heavy atom. The predicted molar refractivity (Wildman–Crippen MR) is 44.0 cm³/mol. The van der Waals surface area contributed by atoms with E-state index in [1.165, 1.54) is 25.1 Å². The Balaban J connectivity index is 0. The third kappa shape index (κ3) is 10.4. The Morgan fingerprint density at radius 3 is 1.44 bits per heavy atom. The fourth-order valence-corrected chi connectivity index (χ4v) is 0.581. The zero-order valence-electron chi connectivity index (χ0n) is 8.02. The molecule has 1 N–H and O–H groups in total. The van der Waals surface area contributed by atoms with Crippen LogP contribution < -0.4 is 5.39 Å². The molecule has 16 heavy (non-hydrogen) atoms. The Labute approximate surface area is 87.4 Å². The first-order valence-corrected chi connectivity index (χ1v) is 3.72. The van der Waals surface area contributed by atoms with Crippen LogP contribution in [0.25, 0.3) is 0 Å². The van der Waals surface area contributed by atoms with Crippen molar-refractivity contribution in [3.63, 3.8) is 0 Å². The van der Waals surface area contributed by atoms with E-state index in [1.807, 2.05) is 0 Å². The summed E-state index contributed by atoms with van der Waals surface area (Å²) < 4.78 is 63.7. The highest BCUT2D eigenvalue weighted by Crippen LogP contribution is 2.08. The molecule has 0 atom stereocenters. The topological polar surface area (TPSA) is 47.6 Å². The summed E-state index contributed by atoms with van der Waals surface area (Å²) in [6.45, 7) is 1.41. The van der Waals surface area contributed by atoms with Crippen molar-refractivity contribution >= 4 is 7.25 Å². The van der Waals surface area contributed by atoms with Crippen LogP contribution in [-0.2, 0) is 0 Å². The molecule has 1 rings (SSSR count). The minimum absolute atomic E-state index is 0.0810. The average Bonchev–Trinajstić information content (AvgIpc) is 2.15. The molecule has 0 fully saturated rings. The van der Waals surface area contributed by atoms with E-state index in [1.54, 1.807) is 0 Å². The van der Waals surface area contributed by atoms with Gasteiger partial charge in [0, 0.05) is 5.56 Å². The summed E-state index contributed by atoms with van der Waals surface area (Å²) >= 11 is 0. The van der Waals surface area contributed by atoms with Crippen molar-refractivity contribution < 1.29 is 31.4 Å². The molecule has 0 aromatic heterocycles. The highest BCUT2D eigenvalue weighted by atomic mass is 19.5. The summed E-state index contributed by atoms with van der Waals surface area (Å²) in [6.07, 6.45) is 0. The molecule has 0 bridgehead atoms. The second-order valence-corrected chi connectivity index (χ2v) is 2.34. The molecule has 0 heterocycles. The molecule has 0 aliphatic rings. The van der Waals surface area contributed by atoms with Crippen LogP contribution in [0.15, 0.2) is 18.2 Å². The number of benzene rings is 1. The molecular formula is C7H7BF6N2. The van der Waals surface area contributed by atoms with E-state index in [2.05, 4.69) is 0 Å². The molecule has 0 saturated carbocycles. The Morgan fingerprint density at radius 1 is 1.00 bits per heavy atom. The first kappa shape index (κ1) is 16.7. The van der Waals surface area contributed by atoms with Crippen LogP contribution >= 0.6 is 0 Å². The summed E-state index contributed by atoms with van der Waals surface area (Å²) in [7, 11) is -6.00. The van der Waals surface area contributed by atoms with Gasteiger partial charge >= 0.3 is 7.25 Å². The second kappa shape index (κ2) is 7.56. The predicted octanol–water partition coefficient (Wildman–Crippen LogP) is 1.85. The van der Waals surface area contributed by atoms with Gasteiger partial charge in [0.25, 0.3) is 0 Å². The number of hydrogen-bond donors (Lipinski definition) is 1. The summed E-state index contributed by atoms with van der Waals surface area (Å²) in [5, 5.41) is 11.0. The molecule has 0 amide bonds. The highest BCUT2D eigenvalue weighted by Gasteiger charge is 2.20. The molecule has 0 aliphatic carbocycles. The van der Waals surface area contributed by atoms with Crippen molar-refractivity contribution in [1.29, 1.82) is 5.39 Å². The van der Waals surface area contributed by atoms with Crippen molar-refractivity contribution in [1.82, 2.24) is 0 Å². The first-order valence-electron chi connectivity index (χ1n) is 3.72. The standard InChI is InChI=1S/C7H6F2.BF4.N2/c1-5-6(8)3-2-4-7(5)9;2-1(3,4)5;1-2/h2-4H,1H3;;/q;-1;/p+1. The summed E-state index contributed by atoms with van der Waals surface area (Å²) in [6, 6.07) is 3.81. The lowest BCUT2D eigenvalue weighted by atomic mass is 10.2. The van der Waals surface area contributed by atoms with Crippen molar-refractivity contribution in [2.75, 3.05) is 0 Å². The first-order chi connectivity index (χ1) is 7.22. The van der Waals surface area contributed by atoms with Crippen LogP contribution in [0.5, 0.6) is 0 Å². The van der Waals surface area contributed by atoms with Gasteiger partial charge in [0.2, 0.25) is 5.39 Å². The van der Waals surface area contributed by atoms with Crippen LogP contribution in [0.4, 0.5) is 26.0 Å². The lowest BCUT2D eigenvalue weighted by Gasteiger charge is -1.94. The van der Waals surface area contributed by atoms with Gasteiger partial charge in [-0.15, -0.1) is 0 Å². The van der Waals surface area contributed by atoms with Crippen molar-refractivity contribution in [2.24, 2.45) is 0 Å². The van der Waals surface area contributed by atoms with Crippen molar-refractivity contribution in [3.8, 4) is 0 Å². The van der Waals surface area contributed by atoms with Gasteiger partial charge in [0.15, 0.2) is 0 Å². The highest BCUT2D eigenvalue weighted by molar-refractivity contribution is 6.50. The number of diazo groups is 1. The molecule has 0 aliphatic heterocycles. The third-order valence-corrected chi connectivity index (χ3v) is 1.20. The molecule has 2 nitrogen and oxygen atoms in total. The van der Waals surface area contributed by atoms with Crippen LogP contribution in [0.2, 0.25) is 0 Å². The largest absolute Gasteiger partial charge is 0.673 e. The molecule has 0 unspecified atom stereocenters. The van der Waals surface area contributed by atoms with Crippen LogP contribution in [0.3, 0.4) is 0 Å². The number of rotatable bonds is 0. The molecule has 1 aromatic rings. The van der Waals surface area contributed by atoms with Crippen molar-refractivity contribution in [2.45, 2.75) is 6.92 Å². The maximum absolute atomic E-state index is 12.3. The van der Waals surface area contributed by atoms with Gasteiger partial charge in [-0.1, -0.05) is 6.07 Å². The van der Waals surface area contributed by atoms with E-state index in [9.17, 15) is 26.0 Å². The van der Waals surface area contributed by atoms with Gasteiger partial charge in [-0.2, -0.15) is 0 Å². The molecule has 0 spiro atoms. The second-order valence-electron chi connectivity index (χ2n) is 2.34. The van der Waals surface area contributed by atoms with E-state index in [-0.39, 0.29) is 5.56 Å². The van der Waals surface area contributed by atoms with E-state index >= 15 is 0 Å². The molecular weight excluding hydrogens is 237 g/mol. The molecule has 1 aromatic carbocycles. The fourth-order valence-electron chi connectivity index (χ4n) is 0.581. The van der Waals surface area contributed by atoms with E-state index < -0.39 is 18.9 Å². The number of nitrogens with one attached hydrogen (secondary N) is 1. The smallest absolute Gasteiger partial charge is 0.418 e. The SMILES string of the molecule is Cc1c(F)cccc1F.F[B-](F)(F)F.N#[NH+]. The summed E-state index contributed by atoms with van der Waals surface area (Å²) in [5.41, 5.74) is 0.0810. The Hall–Kier alpha value is -1.72. The van der Waals surface area contributed by atoms with Crippen LogP contribution in [-0.4, -0.2) is 7.25 Å². The lowest BCUT2D eigenvalue weighted by Crippen LogP contribution is -2.11. The minimum Gasteiger partial charge on any atom is -0.418 e. The van der Waals surface area contributed by atoms with Gasteiger partial charge in [-0.25, -0.2) is 8.78 Å². The lowest BCUT2D eigenvalue weighted by molar-refractivity contribution is -0.175. The van der Waals surface area contributed by atoms with Gasteiger partial charge in [-0.05, 0) is 19.1 Å². The number of halogens is 6. The van der Waals surface area contributed by atoms with E-state index in [4.69, 9.17) is 10.8 Å². The minimum atomic E-state index is -6.00. The molecule has 0 saturated heterocycles. The van der Waals surface area contributed by atoms with Gasteiger partial charge in [-0.3, -0.25) is 0 Å². The van der Waals surface area contributed by atoms with Crippen molar-refractivity contribution in [3.05, 3.63) is 35.4 Å².